The summed E-state index contributed by atoms with van der Waals surface area (Å²) in [4.78, 5) is 18.3. The Morgan fingerprint density at radius 1 is 1.41 bits per heavy atom. The van der Waals surface area contributed by atoms with Crippen LogP contribution >= 0.6 is 11.6 Å². The number of hydroxylamine groups is 2. The maximum Gasteiger partial charge on any atom is 0.409 e. The molecule has 2 atom stereocenters. The molecular formula is C10H19ClN2O4. The molecule has 1 N–H and O–H groups in total. The standard InChI is InChI=1S/C10H19ClN2O4/c1-3-16-10(15)12-4-6-13(7-5-12)17-9(11)8(2)14/h8-9,14H,3-7H2,1-2H3. The largest absolute Gasteiger partial charge is 0.450 e. The first kappa shape index (κ1) is 14.5. The minimum atomic E-state index is -0.760. The Morgan fingerprint density at radius 2 is 2.00 bits per heavy atom. The summed E-state index contributed by atoms with van der Waals surface area (Å²) in [6, 6.07) is 0. The van der Waals surface area contributed by atoms with Gasteiger partial charge in [-0.1, -0.05) is 11.6 Å². The summed E-state index contributed by atoms with van der Waals surface area (Å²) in [7, 11) is 0. The molecule has 7 heteroatoms. The highest BCUT2D eigenvalue weighted by Gasteiger charge is 2.25. The zero-order valence-electron chi connectivity index (χ0n) is 10.1. The molecule has 17 heavy (non-hydrogen) atoms. The van der Waals surface area contributed by atoms with Gasteiger partial charge >= 0.3 is 6.09 Å². The lowest BCUT2D eigenvalue weighted by Gasteiger charge is -2.34. The van der Waals surface area contributed by atoms with Crippen molar-refractivity contribution in [1.82, 2.24) is 9.96 Å². The molecule has 1 saturated heterocycles. The first-order valence-corrected chi connectivity index (χ1v) is 6.13. The van der Waals surface area contributed by atoms with E-state index >= 15 is 0 Å². The van der Waals surface area contributed by atoms with Crippen LogP contribution in [0.3, 0.4) is 0 Å². The van der Waals surface area contributed by atoms with E-state index in [1.54, 1.807) is 23.8 Å². The predicted octanol–water partition coefficient (Wildman–Crippen LogP) is 0.638. The summed E-state index contributed by atoms with van der Waals surface area (Å²) in [6.07, 6.45) is -1.04. The third-order valence-electron chi connectivity index (χ3n) is 2.39. The van der Waals surface area contributed by atoms with Crippen molar-refractivity contribution >= 4 is 17.7 Å². The normalized spacial score (nSPS) is 21.1. The third kappa shape index (κ3) is 4.67. The number of hydrogen-bond donors (Lipinski definition) is 1. The smallest absolute Gasteiger partial charge is 0.409 e. The number of hydrogen-bond acceptors (Lipinski definition) is 5. The van der Waals surface area contributed by atoms with Crippen LogP contribution in [0.1, 0.15) is 13.8 Å². The number of amides is 1. The highest BCUT2D eigenvalue weighted by Crippen LogP contribution is 2.11. The van der Waals surface area contributed by atoms with E-state index in [1.807, 2.05) is 0 Å². The van der Waals surface area contributed by atoms with Gasteiger partial charge in [-0.25, -0.2) is 4.79 Å². The molecule has 0 radical (unpaired) electrons. The van der Waals surface area contributed by atoms with Gasteiger partial charge in [0, 0.05) is 26.2 Å². The monoisotopic (exact) mass is 266 g/mol. The van der Waals surface area contributed by atoms with Crippen molar-refractivity contribution in [2.75, 3.05) is 32.8 Å². The first-order valence-electron chi connectivity index (χ1n) is 5.70. The molecule has 1 heterocycles. The number of alkyl halides is 1. The molecule has 0 aromatic heterocycles. The van der Waals surface area contributed by atoms with Crippen LogP contribution in [0, 0.1) is 0 Å². The molecular weight excluding hydrogens is 248 g/mol. The van der Waals surface area contributed by atoms with E-state index in [0.29, 0.717) is 32.8 Å². The Labute approximate surface area is 106 Å². The van der Waals surface area contributed by atoms with Gasteiger partial charge in [0.2, 0.25) is 0 Å². The Morgan fingerprint density at radius 3 is 2.47 bits per heavy atom. The van der Waals surface area contributed by atoms with E-state index in [-0.39, 0.29) is 6.09 Å². The van der Waals surface area contributed by atoms with Crippen LogP contribution in [-0.4, -0.2) is 65.6 Å². The van der Waals surface area contributed by atoms with Crippen molar-refractivity contribution in [1.29, 1.82) is 0 Å². The lowest BCUT2D eigenvalue weighted by atomic mass is 10.4. The fourth-order valence-electron chi connectivity index (χ4n) is 1.42. The number of aliphatic hydroxyl groups is 1. The van der Waals surface area contributed by atoms with Gasteiger partial charge in [-0.2, -0.15) is 5.06 Å². The number of aliphatic hydroxyl groups excluding tert-OH is 1. The van der Waals surface area contributed by atoms with Crippen LogP contribution in [0.25, 0.3) is 0 Å². The average Bonchev–Trinajstić information content (AvgIpc) is 2.30. The predicted molar refractivity (Wildman–Crippen MR) is 62.6 cm³/mol. The minimum absolute atomic E-state index is 0.301. The van der Waals surface area contributed by atoms with Gasteiger partial charge in [0.25, 0.3) is 0 Å². The fraction of sp³-hybridized carbons (Fsp3) is 0.900. The van der Waals surface area contributed by atoms with Gasteiger partial charge < -0.3 is 14.7 Å². The Kier molecular flexibility index (Phi) is 5.97. The van der Waals surface area contributed by atoms with Crippen LogP contribution < -0.4 is 0 Å². The third-order valence-corrected chi connectivity index (χ3v) is 2.84. The zero-order chi connectivity index (χ0) is 12.8. The van der Waals surface area contributed by atoms with Crippen LogP contribution in [-0.2, 0) is 9.57 Å². The fourth-order valence-corrected chi connectivity index (χ4v) is 1.53. The van der Waals surface area contributed by atoms with Crippen LogP contribution in [0.15, 0.2) is 0 Å². The molecule has 0 aromatic rings. The lowest BCUT2D eigenvalue weighted by Crippen LogP contribution is -2.50. The lowest BCUT2D eigenvalue weighted by molar-refractivity contribution is -0.205. The van der Waals surface area contributed by atoms with Crippen molar-refractivity contribution in [2.24, 2.45) is 0 Å². The molecule has 1 aliphatic heterocycles. The average molecular weight is 267 g/mol. The number of nitrogens with zero attached hydrogens (tertiary/aromatic N) is 2. The summed E-state index contributed by atoms with van der Waals surface area (Å²) >= 11 is 5.78. The van der Waals surface area contributed by atoms with Crippen molar-refractivity contribution < 1.29 is 19.5 Å². The highest BCUT2D eigenvalue weighted by atomic mass is 35.5. The molecule has 2 unspecified atom stereocenters. The summed E-state index contributed by atoms with van der Waals surface area (Å²) in [5.41, 5.74) is -0.760. The maximum absolute atomic E-state index is 11.4. The van der Waals surface area contributed by atoms with Gasteiger partial charge in [-0.05, 0) is 13.8 Å². The number of ether oxygens (including phenoxy) is 1. The highest BCUT2D eigenvalue weighted by molar-refractivity contribution is 6.20. The van der Waals surface area contributed by atoms with Gasteiger partial charge in [0.05, 0.1) is 12.7 Å². The molecule has 1 rings (SSSR count). The van der Waals surface area contributed by atoms with Crippen molar-refractivity contribution in [3.8, 4) is 0 Å². The first-order chi connectivity index (χ1) is 8.04. The second-order valence-corrected chi connectivity index (χ2v) is 4.24. The van der Waals surface area contributed by atoms with E-state index in [0.717, 1.165) is 0 Å². The molecule has 6 nitrogen and oxygen atoms in total. The van der Waals surface area contributed by atoms with E-state index in [9.17, 15) is 9.90 Å². The van der Waals surface area contributed by atoms with Crippen molar-refractivity contribution in [2.45, 2.75) is 25.5 Å². The number of carbonyl (C=O) groups excluding carboxylic acids is 1. The number of halogens is 1. The zero-order valence-corrected chi connectivity index (χ0v) is 10.9. The Bertz CT molecular complexity index is 244. The quantitative estimate of drug-likeness (QED) is 0.757. The molecule has 0 aliphatic carbocycles. The van der Waals surface area contributed by atoms with Crippen LogP contribution in [0.4, 0.5) is 4.79 Å². The molecule has 0 bridgehead atoms. The van der Waals surface area contributed by atoms with Crippen molar-refractivity contribution in [3.05, 3.63) is 0 Å². The Hall–Kier alpha value is -0.560. The second-order valence-electron chi connectivity index (χ2n) is 3.81. The van der Waals surface area contributed by atoms with Gasteiger partial charge in [0.15, 0.2) is 5.56 Å². The molecule has 1 aliphatic rings. The topological polar surface area (TPSA) is 62.2 Å². The van der Waals surface area contributed by atoms with E-state index in [2.05, 4.69) is 0 Å². The van der Waals surface area contributed by atoms with E-state index in [1.165, 1.54) is 0 Å². The molecule has 100 valence electrons. The Balaban J connectivity index is 2.28. The summed E-state index contributed by atoms with van der Waals surface area (Å²) in [5.74, 6) is 0. The van der Waals surface area contributed by atoms with Crippen LogP contribution in [0.2, 0.25) is 0 Å². The molecule has 1 amide bonds. The number of rotatable bonds is 4. The second kappa shape index (κ2) is 7.00. The molecule has 1 fully saturated rings. The number of piperazine rings is 1. The SMILES string of the molecule is CCOC(=O)N1CCN(OC(Cl)C(C)O)CC1. The summed E-state index contributed by atoms with van der Waals surface area (Å²) in [5, 5.41) is 10.8. The van der Waals surface area contributed by atoms with E-state index < -0.39 is 11.7 Å². The van der Waals surface area contributed by atoms with Crippen molar-refractivity contribution in [3.63, 3.8) is 0 Å². The minimum Gasteiger partial charge on any atom is -0.450 e. The van der Waals surface area contributed by atoms with Gasteiger partial charge in [0.1, 0.15) is 0 Å². The van der Waals surface area contributed by atoms with Gasteiger partial charge in [-0.15, -0.1) is 0 Å². The van der Waals surface area contributed by atoms with Crippen LogP contribution in [0.5, 0.6) is 0 Å². The maximum atomic E-state index is 11.4. The molecule has 0 aromatic carbocycles. The number of carbonyl (C=O) groups is 1. The van der Waals surface area contributed by atoms with Gasteiger partial charge in [-0.3, -0.25) is 4.84 Å². The summed E-state index contributed by atoms with van der Waals surface area (Å²) in [6.45, 7) is 5.87. The molecule has 0 spiro atoms. The molecule has 0 saturated carbocycles. The van der Waals surface area contributed by atoms with E-state index in [4.69, 9.17) is 21.2 Å². The summed E-state index contributed by atoms with van der Waals surface area (Å²) < 4.78 is 4.90.